The Morgan fingerprint density at radius 1 is 1.44 bits per heavy atom. The van der Waals surface area contributed by atoms with Crippen LogP contribution in [0.1, 0.15) is 10.5 Å². The molecule has 7 nitrogen and oxygen atoms in total. The summed E-state index contributed by atoms with van der Waals surface area (Å²) in [7, 11) is 2.05. The summed E-state index contributed by atoms with van der Waals surface area (Å²) in [5.41, 5.74) is 11.3. The highest BCUT2D eigenvalue weighted by molar-refractivity contribution is 5.95. The average molecular weight is 250 g/mol. The molecular weight excluding hydrogens is 232 g/mol. The van der Waals surface area contributed by atoms with E-state index in [0.29, 0.717) is 12.4 Å². The van der Waals surface area contributed by atoms with E-state index in [1.807, 2.05) is 11.9 Å². The number of aromatic nitrogens is 2. The second kappa shape index (κ2) is 5.28. The van der Waals surface area contributed by atoms with Crippen LogP contribution in [0, 0.1) is 0 Å². The predicted molar refractivity (Wildman–Crippen MR) is 68.2 cm³/mol. The minimum absolute atomic E-state index is 0.124. The SMILES string of the molecule is CN1CCN(c2nccnc2C(N)=O)C(CN)C1. The van der Waals surface area contributed by atoms with Gasteiger partial charge in [-0.1, -0.05) is 0 Å². The maximum absolute atomic E-state index is 11.4. The third-order valence-corrected chi connectivity index (χ3v) is 3.14. The van der Waals surface area contributed by atoms with Gasteiger partial charge in [-0.05, 0) is 7.05 Å². The summed E-state index contributed by atoms with van der Waals surface area (Å²) >= 11 is 0. The number of hydrogen-bond acceptors (Lipinski definition) is 6. The van der Waals surface area contributed by atoms with E-state index in [-0.39, 0.29) is 11.7 Å². The average Bonchev–Trinajstić information content (AvgIpc) is 2.38. The molecule has 0 spiro atoms. The van der Waals surface area contributed by atoms with E-state index in [1.165, 1.54) is 6.20 Å². The van der Waals surface area contributed by atoms with Gasteiger partial charge in [0.25, 0.3) is 5.91 Å². The van der Waals surface area contributed by atoms with Gasteiger partial charge in [-0.2, -0.15) is 0 Å². The van der Waals surface area contributed by atoms with E-state index in [9.17, 15) is 4.79 Å². The first-order valence-electron chi connectivity index (χ1n) is 5.89. The maximum Gasteiger partial charge on any atom is 0.271 e. The van der Waals surface area contributed by atoms with Gasteiger partial charge in [-0.15, -0.1) is 0 Å². The van der Waals surface area contributed by atoms with Crippen LogP contribution >= 0.6 is 0 Å². The maximum atomic E-state index is 11.4. The summed E-state index contributed by atoms with van der Waals surface area (Å²) < 4.78 is 0. The minimum atomic E-state index is -0.562. The number of hydrogen-bond donors (Lipinski definition) is 2. The molecule has 1 aromatic rings. The Hall–Kier alpha value is -1.73. The number of carbonyl (C=O) groups excluding carboxylic acids is 1. The van der Waals surface area contributed by atoms with Crippen molar-refractivity contribution in [2.75, 3.05) is 38.1 Å². The van der Waals surface area contributed by atoms with Gasteiger partial charge in [0, 0.05) is 38.6 Å². The van der Waals surface area contributed by atoms with Crippen molar-refractivity contribution in [3.05, 3.63) is 18.1 Å². The third-order valence-electron chi connectivity index (χ3n) is 3.14. The highest BCUT2D eigenvalue weighted by Crippen LogP contribution is 2.19. The molecule has 0 aliphatic carbocycles. The van der Waals surface area contributed by atoms with Crippen molar-refractivity contribution in [2.45, 2.75) is 6.04 Å². The van der Waals surface area contributed by atoms with E-state index < -0.39 is 5.91 Å². The number of piperazine rings is 1. The van der Waals surface area contributed by atoms with Gasteiger partial charge in [-0.25, -0.2) is 9.97 Å². The highest BCUT2D eigenvalue weighted by atomic mass is 16.1. The van der Waals surface area contributed by atoms with Crippen LogP contribution in [0.2, 0.25) is 0 Å². The number of amides is 1. The second-order valence-electron chi connectivity index (χ2n) is 4.44. The number of nitrogens with zero attached hydrogens (tertiary/aromatic N) is 4. The molecule has 1 aromatic heterocycles. The van der Waals surface area contributed by atoms with Gasteiger partial charge in [0.15, 0.2) is 11.5 Å². The Kier molecular flexibility index (Phi) is 3.73. The van der Waals surface area contributed by atoms with Crippen molar-refractivity contribution in [2.24, 2.45) is 11.5 Å². The first-order chi connectivity index (χ1) is 8.63. The molecule has 4 N–H and O–H groups in total. The van der Waals surface area contributed by atoms with Crippen molar-refractivity contribution < 1.29 is 4.79 Å². The molecule has 1 fully saturated rings. The Labute approximate surface area is 106 Å². The molecule has 1 aliphatic heterocycles. The van der Waals surface area contributed by atoms with Crippen LogP contribution in [0.4, 0.5) is 5.82 Å². The number of primary amides is 1. The molecule has 0 radical (unpaired) electrons. The standard InChI is InChI=1S/C11H18N6O/c1-16-4-5-17(8(6-12)7-16)11-9(10(13)18)14-2-3-15-11/h2-3,8H,4-7,12H2,1H3,(H2,13,18). The van der Waals surface area contributed by atoms with E-state index in [4.69, 9.17) is 11.5 Å². The molecule has 2 rings (SSSR count). The quantitative estimate of drug-likeness (QED) is 0.688. The molecule has 0 bridgehead atoms. The number of anilines is 1. The fraction of sp³-hybridized carbons (Fsp3) is 0.545. The van der Waals surface area contributed by atoms with E-state index in [2.05, 4.69) is 14.9 Å². The molecule has 0 aromatic carbocycles. The summed E-state index contributed by atoms with van der Waals surface area (Å²) in [6.07, 6.45) is 3.03. The minimum Gasteiger partial charge on any atom is -0.364 e. The number of rotatable bonds is 3. The summed E-state index contributed by atoms with van der Waals surface area (Å²) in [6, 6.07) is 0.124. The summed E-state index contributed by atoms with van der Waals surface area (Å²) in [5, 5.41) is 0. The molecule has 1 atom stereocenters. The van der Waals surface area contributed by atoms with E-state index in [1.54, 1.807) is 6.20 Å². The molecule has 1 amide bonds. The number of nitrogens with two attached hydrogens (primary N) is 2. The Bertz CT molecular complexity index is 437. The zero-order valence-electron chi connectivity index (χ0n) is 10.4. The number of likely N-dealkylation sites (N-methyl/N-ethyl adjacent to an activating group) is 1. The van der Waals surface area contributed by atoms with Gasteiger partial charge < -0.3 is 21.3 Å². The fourth-order valence-corrected chi connectivity index (χ4v) is 2.21. The van der Waals surface area contributed by atoms with Crippen molar-refractivity contribution in [1.29, 1.82) is 0 Å². The lowest BCUT2D eigenvalue weighted by molar-refractivity contribution is 0.0995. The van der Waals surface area contributed by atoms with Crippen molar-refractivity contribution >= 4 is 11.7 Å². The smallest absolute Gasteiger partial charge is 0.271 e. The van der Waals surface area contributed by atoms with Crippen molar-refractivity contribution in [3.63, 3.8) is 0 Å². The summed E-state index contributed by atoms with van der Waals surface area (Å²) in [6.45, 7) is 2.99. The van der Waals surface area contributed by atoms with E-state index >= 15 is 0 Å². The molecule has 18 heavy (non-hydrogen) atoms. The van der Waals surface area contributed by atoms with Crippen LogP contribution in [-0.4, -0.2) is 60.0 Å². The van der Waals surface area contributed by atoms with Crippen LogP contribution in [0.3, 0.4) is 0 Å². The Morgan fingerprint density at radius 3 is 2.83 bits per heavy atom. The first kappa shape index (κ1) is 12.7. The van der Waals surface area contributed by atoms with Gasteiger partial charge in [0.1, 0.15) is 0 Å². The zero-order valence-corrected chi connectivity index (χ0v) is 10.4. The lowest BCUT2D eigenvalue weighted by Gasteiger charge is -2.40. The Morgan fingerprint density at radius 2 is 2.17 bits per heavy atom. The van der Waals surface area contributed by atoms with Crippen LogP contribution in [-0.2, 0) is 0 Å². The van der Waals surface area contributed by atoms with Crippen LogP contribution in [0.25, 0.3) is 0 Å². The fourth-order valence-electron chi connectivity index (χ4n) is 2.21. The van der Waals surface area contributed by atoms with Gasteiger partial charge in [0.2, 0.25) is 0 Å². The van der Waals surface area contributed by atoms with Crippen molar-refractivity contribution in [3.8, 4) is 0 Å². The molecule has 1 aliphatic rings. The predicted octanol–water partition coefficient (Wildman–Crippen LogP) is -1.35. The largest absolute Gasteiger partial charge is 0.364 e. The van der Waals surface area contributed by atoms with Gasteiger partial charge in [-0.3, -0.25) is 4.79 Å². The molecule has 1 unspecified atom stereocenters. The second-order valence-corrected chi connectivity index (χ2v) is 4.44. The molecule has 0 saturated carbocycles. The van der Waals surface area contributed by atoms with Gasteiger partial charge in [0.05, 0.1) is 6.04 Å². The van der Waals surface area contributed by atoms with E-state index in [0.717, 1.165) is 19.6 Å². The molecule has 7 heteroatoms. The highest BCUT2D eigenvalue weighted by Gasteiger charge is 2.28. The van der Waals surface area contributed by atoms with Crippen LogP contribution in [0.15, 0.2) is 12.4 Å². The number of carbonyl (C=O) groups is 1. The van der Waals surface area contributed by atoms with Gasteiger partial charge >= 0.3 is 0 Å². The van der Waals surface area contributed by atoms with Crippen molar-refractivity contribution in [1.82, 2.24) is 14.9 Å². The molecule has 1 saturated heterocycles. The third kappa shape index (κ3) is 2.41. The van der Waals surface area contributed by atoms with Crippen LogP contribution in [0.5, 0.6) is 0 Å². The normalized spacial score (nSPS) is 21.0. The lowest BCUT2D eigenvalue weighted by Crippen LogP contribution is -2.55. The first-order valence-corrected chi connectivity index (χ1v) is 5.89. The molecular formula is C11H18N6O. The Balaban J connectivity index is 2.32. The zero-order chi connectivity index (χ0) is 13.1. The summed E-state index contributed by atoms with van der Waals surface area (Å²) in [5.74, 6) is -0.0265. The molecule has 2 heterocycles. The summed E-state index contributed by atoms with van der Waals surface area (Å²) in [4.78, 5) is 23.8. The van der Waals surface area contributed by atoms with Crippen LogP contribution < -0.4 is 16.4 Å². The lowest BCUT2D eigenvalue weighted by atomic mass is 10.1. The topological polar surface area (TPSA) is 101 Å². The molecule has 98 valence electrons. The monoisotopic (exact) mass is 250 g/mol.